The van der Waals surface area contributed by atoms with Crippen LogP contribution in [0.15, 0.2) is 70.3 Å². The summed E-state index contributed by atoms with van der Waals surface area (Å²) in [5, 5.41) is 8.80. The van der Waals surface area contributed by atoms with Crippen LogP contribution in [0.5, 0.6) is 0 Å². The van der Waals surface area contributed by atoms with Crippen LogP contribution in [0.4, 0.5) is 5.69 Å². The van der Waals surface area contributed by atoms with Crippen molar-refractivity contribution in [2.45, 2.75) is 77.6 Å². The van der Waals surface area contributed by atoms with Gasteiger partial charge in [0, 0.05) is 12.0 Å². The number of benzene rings is 2. The fourth-order valence-electron chi connectivity index (χ4n) is 3.69. The lowest BCUT2D eigenvalue weighted by Crippen LogP contribution is -2.08. The second kappa shape index (κ2) is 14.2. The smallest absolute Gasteiger partial charge is 0.227 e. The van der Waals surface area contributed by atoms with Crippen molar-refractivity contribution in [3.63, 3.8) is 0 Å². The van der Waals surface area contributed by atoms with Gasteiger partial charge in [0.25, 0.3) is 0 Å². The van der Waals surface area contributed by atoms with Crippen molar-refractivity contribution in [3.05, 3.63) is 77.9 Å². The summed E-state index contributed by atoms with van der Waals surface area (Å²) < 4.78 is 5.53. The Balaban J connectivity index is 1.49. The molecule has 2 aromatic carbocycles. The number of aryl methyl sites for hydroxylation is 1. The van der Waals surface area contributed by atoms with Gasteiger partial charge in [0.05, 0.1) is 5.69 Å². The molecule has 0 atom stereocenters. The summed E-state index contributed by atoms with van der Waals surface area (Å²) in [5.41, 5.74) is 5.64. The summed E-state index contributed by atoms with van der Waals surface area (Å²) in [6.07, 6.45) is 13.9. The molecule has 0 fully saturated rings. The van der Waals surface area contributed by atoms with Crippen molar-refractivity contribution in [1.82, 2.24) is 10.1 Å². The highest BCUT2D eigenvalue weighted by atomic mass is 16.5. The lowest BCUT2D eigenvalue weighted by Gasteiger charge is -2.04. The maximum atomic E-state index is 5.53. The summed E-state index contributed by atoms with van der Waals surface area (Å²) >= 11 is 0. The number of rotatable bonds is 15. The van der Waals surface area contributed by atoms with E-state index in [0.29, 0.717) is 17.4 Å². The van der Waals surface area contributed by atoms with E-state index in [0.717, 1.165) is 24.1 Å². The number of para-hydroxylation sites is 1. The maximum Gasteiger partial charge on any atom is 0.227 e. The van der Waals surface area contributed by atoms with Crippen LogP contribution in [0.1, 0.15) is 88.4 Å². The first-order valence-corrected chi connectivity index (χ1v) is 12.1. The van der Waals surface area contributed by atoms with E-state index in [2.05, 4.69) is 27.6 Å². The minimum absolute atomic E-state index is 0.515. The molecule has 3 rings (SSSR count). The molecule has 0 spiro atoms. The van der Waals surface area contributed by atoms with Gasteiger partial charge in [-0.25, -0.2) is 0 Å². The Morgan fingerprint density at radius 1 is 0.781 bits per heavy atom. The number of hydrogen-bond acceptors (Lipinski definition) is 5. The van der Waals surface area contributed by atoms with Gasteiger partial charge in [-0.05, 0) is 18.6 Å². The zero-order valence-electron chi connectivity index (χ0n) is 19.3. The minimum Gasteiger partial charge on any atom is -0.339 e. The average Bonchev–Trinajstić information content (AvgIpc) is 3.30. The number of nitrogens with zero attached hydrogens (tertiary/aromatic N) is 3. The molecule has 5 heteroatoms. The van der Waals surface area contributed by atoms with E-state index in [1.54, 1.807) is 0 Å². The summed E-state index contributed by atoms with van der Waals surface area (Å²) in [5.74, 6) is 1.20. The average molecular weight is 433 g/mol. The van der Waals surface area contributed by atoms with Crippen LogP contribution in [0, 0.1) is 0 Å². The Kier molecular flexibility index (Phi) is 10.5. The van der Waals surface area contributed by atoms with E-state index >= 15 is 0 Å². The van der Waals surface area contributed by atoms with E-state index in [1.807, 2.05) is 60.7 Å². The molecule has 0 aliphatic rings. The van der Waals surface area contributed by atoms with Gasteiger partial charge in [-0.15, -0.1) is 0 Å². The molecule has 0 saturated heterocycles. The van der Waals surface area contributed by atoms with Gasteiger partial charge >= 0.3 is 0 Å². The van der Waals surface area contributed by atoms with Gasteiger partial charge in [0.15, 0.2) is 0 Å². The van der Waals surface area contributed by atoms with Gasteiger partial charge in [-0.1, -0.05) is 118 Å². The third kappa shape index (κ3) is 8.29. The number of nitrogens with one attached hydrogen (secondary N) is 1. The topological polar surface area (TPSA) is 63.3 Å². The third-order valence-corrected chi connectivity index (χ3v) is 5.54. The van der Waals surface area contributed by atoms with Crippen LogP contribution < -0.4 is 5.43 Å². The van der Waals surface area contributed by atoms with Crippen LogP contribution in [0.25, 0.3) is 0 Å². The van der Waals surface area contributed by atoms with Crippen LogP contribution in [-0.4, -0.2) is 15.9 Å². The highest BCUT2D eigenvalue weighted by Crippen LogP contribution is 2.14. The summed E-state index contributed by atoms with van der Waals surface area (Å²) in [7, 11) is 0. The molecule has 0 radical (unpaired) electrons. The third-order valence-electron chi connectivity index (χ3n) is 5.54. The van der Waals surface area contributed by atoms with E-state index in [-0.39, 0.29) is 0 Å². The summed E-state index contributed by atoms with van der Waals surface area (Å²) in [6, 6.07) is 19.8. The first kappa shape index (κ1) is 23.7. The molecule has 0 aliphatic carbocycles. The maximum absolute atomic E-state index is 5.53. The van der Waals surface area contributed by atoms with Crippen molar-refractivity contribution >= 4 is 11.4 Å². The van der Waals surface area contributed by atoms with Crippen LogP contribution in [0.2, 0.25) is 0 Å². The molecule has 1 aromatic heterocycles. The Morgan fingerprint density at radius 2 is 1.38 bits per heavy atom. The molecular weight excluding hydrogens is 396 g/mol. The van der Waals surface area contributed by atoms with Crippen LogP contribution in [-0.2, 0) is 6.42 Å². The van der Waals surface area contributed by atoms with Gasteiger partial charge in [-0.3, -0.25) is 5.43 Å². The predicted octanol–water partition coefficient (Wildman–Crippen LogP) is 7.40. The van der Waals surface area contributed by atoms with Crippen molar-refractivity contribution < 1.29 is 4.52 Å². The van der Waals surface area contributed by atoms with Crippen molar-refractivity contribution in [1.29, 1.82) is 0 Å². The Bertz CT molecular complexity index is 906. The normalized spacial score (nSPS) is 11.6. The highest BCUT2D eigenvalue weighted by molar-refractivity contribution is 6.10. The molecule has 5 nitrogen and oxygen atoms in total. The molecule has 0 aliphatic heterocycles. The number of unbranched alkanes of at least 4 members (excludes halogenated alkanes) is 9. The summed E-state index contributed by atoms with van der Waals surface area (Å²) in [6.45, 7) is 2.27. The second-order valence-corrected chi connectivity index (χ2v) is 8.25. The second-order valence-electron chi connectivity index (χ2n) is 8.25. The van der Waals surface area contributed by atoms with Crippen molar-refractivity contribution in [3.8, 4) is 0 Å². The zero-order valence-corrected chi connectivity index (χ0v) is 19.3. The van der Waals surface area contributed by atoms with Gasteiger partial charge in [0.2, 0.25) is 11.7 Å². The van der Waals surface area contributed by atoms with E-state index in [1.165, 1.54) is 57.8 Å². The zero-order chi connectivity index (χ0) is 22.3. The SMILES string of the molecule is CCCCCCCCCCCCc1nc(/C(=N\Nc2ccccc2)c2ccccc2)no1. The van der Waals surface area contributed by atoms with Crippen LogP contribution in [0.3, 0.4) is 0 Å². The number of anilines is 1. The lowest BCUT2D eigenvalue weighted by molar-refractivity contribution is 0.371. The van der Waals surface area contributed by atoms with Crippen LogP contribution >= 0.6 is 0 Å². The predicted molar refractivity (Wildman–Crippen MR) is 132 cm³/mol. The van der Waals surface area contributed by atoms with Gasteiger partial charge in [0.1, 0.15) is 5.71 Å². The van der Waals surface area contributed by atoms with Crippen molar-refractivity contribution in [2.75, 3.05) is 5.43 Å². The molecule has 0 amide bonds. The van der Waals surface area contributed by atoms with E-state index < -0.39 is 0 Å². The fraction of sp³-hybridized carbons (Fsp3) is 0.444. The lowest BCUT2D eigenvalue weighted by atomic mass is 10.1. The monoisotopic (exact) mass is 432 g/mol. The van der Waals surface area contributed by atoms with Gasteiger partial charge in [-0.2, -0.15) is 10.1 Å². The van der Waals surface area contributed by atoms with E-state index in [9.17, 15) is 0 Å². The molecule has 1 heterocycles. The molecule has 0 saturated carbocycles. The highest BCUT2D eigenvalue weighted by Gasteiger charge is 2.15. The molecule has 0 bridgehead atoms. The molecule has 32 heavy (non-hydrogen) atoms. The molecule has 0 unspecified atom stereocenters. The Labute approximate surface area is 192 Å². The molecule has 1 N–H and O–H groups in total. The minimum atomic E-state index is 0.515. The first-order chi connectivity index (χ1) is 15.9. The Hall–Kier alpha value is -2.95. The van der Waals surface area contributed by atoms with Crippen molar-refractivity contribution in [2.24, 2.45) is 5.10 Å². The Morgan fingerprint density at radius 3 is 2.03 bits per heavy atom. The first-order valence-electron chi connectivity index (χ1n) is 12.1. The quantitative estimate of drug-likeness (QED) is 0.154. The summed E-state index contributed by atoms with van der Waals surface area (Å²) in [4.78, 5) is 4.63. The largest absolute Gasteiger partial charge is 0.339 e. The molecular formula is C27H36N4O. The molecule has 170 valence electrons. The van der Waals surface area contributed by atoms with Gasteiger partial charge < -0.3 is 4.52 Å². The standard InChI is InChI=1S/C27H36N4O/c1-2-3-4-5-6-7-8-9-10-17-22-25-28-27(31-32-25)26(23-18-13-11-14-19-23)30-29-24-20-15-12-16-21-24/h11-16,18-21,29H,2-10,17,22H2,1H3/b30-26-. The fourth-order valence-corrected chi connectivity index (χ4v) is 3.69. The number of hydrogen-bond donors (Lipinski definition) is 1. The number of hydrazone groups is 1. The molecule has 3 aromatic rings. The number of aromatic nitrogens is 2. The van der Waals surface area contributed by atoms with E-state index in [4.69, 9.17) is 4.52 Å².